The predicted molar refractivity (Wildman–Crippen MR) is 119 cm³/mol. The smallest absolute Gasteiger partial charge is 0.279 e. The number of carbonyl (C=O) groups is 1. The molecule has 2 aromatic carbocycles. The topological polar surface area (TPSA) is 117 Å². The van der Waals surface area contributed by atoms with Gasteiger partial charge in [-0.1, -0.05) is 22.0 Å². The normalized spacial score (nSPS) is 14.9. The lowest BCUT2D eigenvalue weighted by atomic mass is 10.1. The molecule has 1 heterocycles. The molecule has 8 nitrogen and oxygen atoms in total. The summed E-state index contributed by atoms with van der Waals surface area (Å²) in [6.07, 6.45) is 0. The summed E-state index contributed by atoms with van der Waals surface area (Å²) in [6, 6.07) is 9.48. The van der Waals surface area contributed by atoms with Crippen LogP contribution in [0.3, 0.4) is 0 Å². The van der Waals surface area contributed by atoms with Crippen LogP contribution in [0.2, 0.25) is 0 Å². The van der Waals surface area contributed by atoms with E-state index in [-0.39, 0.29) is 21.6 Å². The molecule has 0 radical (unpaired) electrons. The lowest BCUT2D eigenvalue weighted by Gasteiger charge is -2.10. The molecule has 0 atom stereocenters. The Balaban J connectivity index is 1.82. The molecule has 4 N–H and O–H groups in total. The molecule has 0 saturated heterocycles. The second-order valence-corrected chi connectivity index (χ2v) is 9.49. The first-order chi connectivity index (χ1) is 13.1. The Morgan fingerprint density at radius 2 is 1.96 bits per heavy atom. The highest BCUT2D eigenvalue weighted by Gasteiger charge is 2.33. The molecule has 146 valence electrons. The van der Waals surface area contributed by atoms with E-state index in [1.165, 1.54) is 23.1 Å². The number of carbonyl (C=O) groups excluding carboxylic acids is 1. The first-order valence-electron chi connectivity index (χ1n) is 7.63. The average Bonchev–Trinajstić information content (AvgIpc) is 2.83. The van der Waals surface area contributed by atoms with Crippen LogP contribution < -0.4 is 20.8 Å². The molecule has 0 aliphatic carbocycles. The summed E-state index contributed by atoms with van der Waals surface area (Å²) in [4.78, 5) is 14.0. The molecule has 0 bridgehead atoms. The largest absolute Gasteiger partial charge is 0.331 e. The summed E-state index contributed by atoms with van der Waals surface area (Å²) in [5.74, 6) is -0.291. The number of hydrazone groups is 1. The number of nitrogens with zero attached hydrogens (tertiary/aromatic N) is 2. The minimum Gasteiger partial charge on any atom is -0.331 e. The third-order valence-electron chi connectivity index (χ3n) is 3.82. The molecule has 1 amide bonds. The van der Waals surface area contributed by atoms with Gasteiger partial charge in [-0.2, -0.15) is 5.10 Å². The van der Waals surface area contributed by atoms with Crippen LogP contribution in [-0.4, -0.2) is 32.2 Å². The Morgan fingerprint density at radius 3 is 2.64 bits per heavy atom. The van der Waals surface area contributed by atoms with E-state index in [1.54, 1.807) is 19.2 Å². The fraction of sp³-hybridized carbons (Fsp3) is 0.0625. The summed E-state index contributed by atoms with van der Waals surface area (Å²) in [7, 11) is -2.18. The highest BCUT2D eigenvalue weighted by atomic mass is 79.9. The molecule has 2 aromatic rings. The van der Waals surface area contributed by atoms with Gasteiger partial charge < -0.3 is 10.2 Å². The molecule has 12 heteroatoms. The zero-order chi connectivity index (χ0) is 20.6. The van der Waals surface area contributed by atoms with Crippen molar-refractivity contribution in [2.45, 2.75) is 4.90 Å². The average molecular weight is 547 g/mol. The Kier molecular flexibility index (Phi) is 5.87. The van der Waals surface area contributed by atoms with Gasteiger partial charge in [-0.3, -0.25) is 10.2 Å². The first kappa shape index (κ1) is 20.9. The minimum absolute atomic E-state index is 0.0529. The maximum Gasteiger partial charge on any atom is 0.279 e. The van der Waals surface area contributed by atoms with E-state index in [2.05, 4.69) is 47.7 Å². The van der Waals surface area contributed by atoms with Crippen molar-refractivity contribution in [1.29, 1.82) is 0 Å². The SMILES string of the molecule is CN1C(=O)C(=NNC(=S)Nc2cccc(S(N)(=O)=O)c2)c2cc(Br)cc(Br)c21. The monoisotopic (exact) mass is 545 g/mol. The number of primary sulfonamides is 1. The van der Waals surface area contributed by atoms with E-state index < -0.39 is 10.0 Å². The fourth-order valence-electron chi connectivity index (χ4n) is 2.59. The number of nitrogens with two attached hydrogens (primary N) is 1. The number of likely N-dealkylation sites (N-methyl/N-ethyl adjacent to an activating group) is 1. The fourth-order valence-corrected chi connectivity index (χ4v) is 4.80. The summed E-state index contributed by atoms with van der Waals surface area (Å²) in [5.41, 5.74) is 4.56. The maximum atomic E-state index is 12.5. The van der Waals surface area contributed by atoms with E-state index in [1.807, 2.05) is 6.07 Å². The first-order valence-corrected chi connectivity index (χ1v) is 11.2. The van der Waals surface area contributed by atoms with E-state index >= 15 is 0 Å². The number of anilines is 2. The van der Waals surface area contributed by atoms with Crippen molar-refractivity contribution in [1.82, 2.24) is 5.43 Å². The number of thiocarbonyl (C=S) groups is 1. The van der Waals surface area contributed by atoms with Crippen LogP contribution in [-0.2, 0) is 14.8 Å². The predicted octanol–water partition coefficient (Wildman–Crippen LogP) is 2.53. The van der Waals surface area contributed by atoms with Crippen LogP contribution in [0.15, 0.2) is 55.3 Å². The van der Waals surface area contributed by atoms with Gasteiger partial charge in [-0.25, -0.2) is 13.6 Å². The molecule has 0 aromatic heterocycles. The molecule has 3 rings (SSSR count). The van der Waals surface area contributed by atoms with Crippen molar-refractivity contribution < 1.29 is 13.2 Å². The molecule has 1 aliphatic heterocycles. The van der Waals surface area contributed by atoms with Crippen LogP contribution in [0.25, 0.3) is 0 Å². The Morgan fingerprint density at radius 1 is 1.25 bits per heavy atom. The van der Waals surface area contributed by atoms with Crippen LogP contribution >= 0.6 is 44.1 Å². The number of benzene rings is 2. The molecule has 0 saturated carbocycles. The Hall–Kier alpha value is -1.86. The minimum atomic E-state index is -3.83. The van der Waals surface area contributed by atoms with Gasteiger partial charge in [0.25, 0.3) is 5.91 Å². The molecular weight excluding hydrogens is 534 g/mol. The van der Waals surface area contributed by atoms with Crippen LogP contribution in [0.4, 0.5) is 11.4 Å². The van der Waals surface area contributed by atoms with Crippen LogP contribution in [0.5, 0.6) is 0 Å². The number of hydrogen-bond donors (Lipinski definition) is 3. The van der Waals surface area contributed by atoms with Gasteiger partial charge in [0.05, 0.1) is 10.6 Å². The standard InChI is InChI=1S/C16H13Br2N5O3S2/c1-23-14-11(5-8(17)6-12(14)18)13(15(23)24)21-22-16(27)20-9-3-2-4-10(7-9)28(19,25)26/h2-7H,1H3,(H2,19,25,26)(H2,20,22,27). The number of nitrogens with one attached hydrogen (secondary N) is 2. The lowest BCUT2D eigenvalue weighted by molar-refractivity contribution is -0.112. The molecule has 28 heavy (non-hydrogen) atoms. The van der Waals surface area contributed by atoms with Gasteiger partial charge in [-0.05, 0) is 58.5 Å². The number of rotatable bonds is 3. The lowest BCUT2D eigenvalue weighted by Crippen LogP contribution is -2.30. The summed E-state index contributed by atoms with van der Waals surface area (Å²) in [6.45, 7) is 0. The van der Waals surface area contributed by atoms with Crippen molar-refractivity contribution in [3.63, 3.8) is 0 Å². The van der Waals surface area contributed by atoms with E-state index in [0.717, 1.165) is 8.95 Å². The van der Waals surface area contributed by atoms with Crippen LogP contribution in [0.1, 0.15) is 5.56 Å². The van der Waals surface area contributed by atoms with Crippen molar-refractivity contribution in [3.8, 4) is 0 Å². The van der Waals surface area contributed by atoms with Gasteiger partial charge in [-0.15, -0.1) is 0 Å². The molecule has 0 spiro atoms. The number of fused-ring (bicyclic) bond motifs is 1. The van der Waals surface area contributed by atoms with Crippen molar-refractivity contribution in [2.24, 2.45) is 10.2 Å². The Labute approximate surface area is 183 Å². The number of amides is 1. The van der Waals surface area contributed by atoms with Crippen molar-refractivity contribution in [3.05, 3.63) is 50.9 Å². The highest BCUT2D eigenvalue weighted by molar-refractivity contribution is 9.11. The second-order valence-electron chi connectivity index (χ2n) is 5.75. The van der Waals surface area contributed by atoms with Gasteiger partial charge >= 0.3 is 0 Å². The molecule has 0 unspecified atom stereocenters. The second kappa shape index (κ2) is 7.87. The van der Waals surface area contributed by atoms with Crippen molar-refractivity contribution in [2.75, 3.05) is 17.3 Å². The highest BCUT2D eigenvalue weighted by Crippen LogP contribution is 2.37. The molecule has 1 aliphatic rings. The zero-order valence-electron chi connectivity index (χ0n) is 14.2. The third kappa shape index (κ3) is 4.25. The Bertz CT molecular complexity index is 1140. The quantitative estimate of drug-likeness (QED) is 0.402. The summed E-state index contributed by atoms with van der Waals surface area (Å²) >= 11 is 12.0. The summed E-state index contributed by atoms with van der Waals surface area (Å²) < 4.78 is 24.4. The number of halogens is 2. The molecular formula is C16H13Br2N5O3S2. The third-order valence-corrected chi connectivity index (χ3v) is 5.98. The van der Waals surface area contributed by atoms with E-state index in [4.69, 9.17) is 17.4 Å². The van der Waals surface area contributed by atoms with Gasteiger partial charge in [0.15, 0.2) is 10.8 Å². The molecule has 0 fully saturated rings. The zero-order valence-corrected chi connectivity index (χ0v) is 19.0. The maximum absolute atomic E-state index is 12.5. The van der Waals surface area contributed by atoms with E-state index in [0.29, 0.717) is 16.9 Å². The number of hydrogen-bond acceptors (Lipinski definition) is 5. The van der Waals surface area contributed by atoms with Gasteiger partial charge in [0.2, 0.25) is 10.0 Å². The van der Waals surface area contributed by atoms with Gasteiger partial charge in [0, 0.05) is 27.2 Å². The summed E-state index contributed by atoms with van der Waals surface area (Å²) in [5, 5.41) is 12.1. The van der Waals surface area contributed by atoms with Crippen LogP contribution in [0, 0.1) is 0 Å². The van der Waals surface area contributed by atoms with Gasteiger partial charge in [0.1, 0.15) is 0 Å². The van der Waals surface area contributed by atoms with E-state index in [9.17, 15) is 13.2 Å². The number of sulfonamides is 1. The van der Waals surface area contributed by atoms with Crippen molar-refractivity contribution >= 4 is 82.2 Å².